The minimum absolute atomic E-state index is 0.124. The highest BCUT2D eigenvalue weighted by molar-refractivity contribution is 7.99. The number of nitrogens with one attached hydrogen (secondary N) is 1. The van der Waals surface area contributed by atoms with E-state index in [1.54, 1.807) is 17.8 Å². The summed E-state index contributed by atoms with van der Waals surface area (Å²) in [6.07, 6.45) is 5.41. The molecule has 0 aromatic carbocycles. The Labute approximate surface area is 124 Å². The predicted molar refractivity (Wildman–Crippen MR) is 82.0 cm³/mol. The van der Waals surface area contributed by atoms with Crippen LogP contribution in [0.5, 0.6) is 0 Å². The molecule has 2 rings (SSSR count). The van der Waals surface area contributed by atoms with Gasteiger partial charge in [0.2, 0.25) is 5.91 Å². The molecule has 1 fully saturated rings. The van der Waals surface area contributed by atoms with Gasteiger partial charge in [-0.25, -0.2) is 0 Å². The lowest BCUT2D eigenvalue weighted by Crippen LogP contribution is -2.27. The lowest BCUT2D eigenvalue weighted by atomic mass is 10.2. The van der Waals surface area contributed by atoms with Crippen molar-refractivity contribution in [3.63, 3.8) is 0 Å². The number of thioether (sulfide) groups is 1. The van der Waals surface area contributed by atoms with Gasteiger partial charge in [0, 0.05) is 19.2 Å². The Balaban J connectivity index is 1.71. The van der Waals surface area contributed by atoms with Gasteiger partial charge < -0.3 is 10.2 Å². The third-order valence-electron chi connectivity index (χ3n) is 3.30. The molecule has 0 bridgehead atoms. The van der Waals surface area contributed by atoms with Crippen molar-refractivity contribution in [1.82, 2.24) is 15.1 Å². The van der Waals surface area contributed by atoms with Gasteiger partial charge >= 0.3 is 0 Å². The molecule has 5 nitrogen and oxygen atoms in total. The van der Waals surface area contributed by atoms with Gasteiger partial charge in [-0.3, -0.25) is 4.79 Å². The topological polar surface area (TPSA) is 58.1 Å². The minimum atomic E-state index is -0.124. The van der Waals surface area contributed by atoms with Crippen molar-refractivity contribution in [3.8, 4) is 0 Å². The van der Waals surface area contributed by atoms with Crippen LogP contribution in [0.3, 0.4) is 0 Å². The zero-order valence-corrected chi connectivity index (χ0v) is 12.8. The van der Waals surface area contributed by atoms with Gasteiger partial charge in [0.05, 0.1) is 0 Å². The highest BCUT2D eigenvalue weighted by Crippen LogP contribution is 2.16. The van der Waals surface area contributed by atoms with Crippen LogP contribution >= 0.6 is 11.8 Å². The monoisotopic (exact) mass is 294 g/mol. The Morgan fingerprint density at radius 1 is 1.25 bits per heavy atom. The number of anilines is 1. The van der Waals surface area contributed by atoms with Crippen LogP contribution in [0, 0.1) is 0 Å². The predicted octanol–water partition coefficient (Wildman–Crippen LogP) is 2.40. The summed E-state index contributed by atoms with van der Waals surface area (Å²) >= 11 is 1.72. The van der Waals surface area contributed by atoms with E-state index < -0.39 is 0 Å². The SMILES string of the molecule is CC(=O)Nc1ccc(SCCN2CCCCCC2)nn1. The van der Waals surface area contributed by atoms with E-state index in [1.807, 2.05) is 6.07 Å². The fourth-order valence-corrected chi connectivity index (χ4v) is 3.10. The van der Waals surface area contributed by atoms with Gasteiger partial charge in [0.25, 0.3) is 0 Å². The third-order valence-corrected chi connectivity index (χ3v) is 4.20. The average Bonchev–Trinajstić information content (AvgIpc) is 2.69. The Kier molecular flexibility index (Phi) is 6.26. The number of amides is 1. The molecule has 0 atom stereocenters. The number of hydrogen-bond donors (Lipinski definition) is 1. The molecule has 1 aliphatic heterocycles. The lowest BCUT2D eigenvalue weighted by molar-refractivity contribution is -0.114. The molecule has 2 heterocycles. The van der Waals surface area contributed by atoms with E-state index in [1.165, 1.54) is 45.7 Å². The molecular formula is C14H22N4OS. The number of carbonyl (C=O) groups excluding carboxylic acids is 1. The molecule has 110 valence electrons. The van der Waals surface area contributed by atoms with E-state index >= 15 is 0 Å². The minimum Gasteiger partial charge on any atom is -0.309 e. The van der Waals surface area contributed by atoms with Gasteiger partial charge in [-0.2, -0.15) is 0 Å². The van der Waals surface area contributed by atoms with E-state index in [4.69, 9.17) is 0 Å². The average molecular weight is 294 g/mol. The zero-order valence-electron chi connectivity index (χ0n) is 12.0. The quantitative estimate of drug-likeness (QED) is 0.845. The van der Waals surface area contributed by atoms with Crippen molar-refractivity contribution in [2.24, 2.45) is 0 Å². The number of rotatable bonds is 5. The van der Waals surface area contributed by atoms with Crippen molar-refractivity contribution >= 4 is 23.5 Å². The fraction of sp³-hybridized carbons (Fsp3) is 0.643. The molecule has 1 saturated heterocycles. The molecule has 20 heavy (non-hydrogen) atoms. The summed E-state index contributed by atoms with van der Waals surface area (Å²) in [7, 11) is 0. The Morgan fingerprint density at radius 2 is 2.00 bits per heavy atom. The third kappa shape index (κ3) is 5.46. The van der Waals surface area contributed by atoms with Crippen LogP contribution in [-0.2, 0) is 4.79 Å². The van der Waals surface area contributed by atoms with Crippen LogP contribution in [0.25, 0.3) is 0 Å². The molecular weight excluding hydrogens is 272 g/mol. The van der Waals surface area contributed by atoms with Gasteiger partial charge in [0.1, 0.15) is 5.03 Å². The second-order valence-electron chi connectivity index (χ2n) is 5.04. The summed E-state index contributed by atoms with van der Waals surface area (Å²) in [5, 5.41) is 11.6. The van der Waals surface area contributed by atoms with Crippen molar-refractivity contribution in [1.29, 1.82) is 0 Å². The van der Waals surface area contributed by atoms with Crippen LogP contribution in [0.1, 0.15) is 32.6 Å². The fourth-order valence-electron chi connectivity index (χ4n) is 2.28. The van der Waals surface area contributed by atoms with Crippen molar-refractivity contribution in [2.45, 2.75) is 37.6 Å². The van der Waals surface area contributed by atoms with Crippen molar-refractivity contribution < 1.29 is 4.79 Å². The van der Waals surface area contributed by atoms with Crippen molar-refractivity contribution in [3.05, 3.63) is 12.1 Å². The molecule has 0 unspecified atom stereocenters. The smallest absolute Gasteiger partial charge is 0.222 e. The van der Waals surface area contributed by atoms with E-state index in [0.29, 0.717) is 5.82 Å². The van der Waals surface area contributed by atoms with Crippen LogP contribution < -0.4 is 5.32 Å². The van der Waals surface area contributed by atoms with E-state index in [-0.39, 0.29) is 5.91 Å². The first-order valence-corrected chi connectivity index (χ1v) is 8.19. The van der Waals surface area contributed by atoms with Gasteiger partial charge in [0.15, 0.2) is 5.82 Å². The van der Waals surface area contributed by atoms with E-state index in [9.17, 15) is 4.79 Å². The largest absolute Gasteiger partial charge is 0.309 e. The maximum Gasteiger partial charge on any atom is 0.222 e. The standard InChI is InChI=1S/C14H22N4OS/c1-12(19)15-13-6-7-14(17-16-13)20-11-10-18-8-4-2-3-5-9-18/h6-7H,2-5,8-11H2,1H3,(H,15,16,19). The molecule has 6 heteroatoms. The first kappa shape index (κ1) is 15.3. The molecule has 1 aromatic heterocycles. The van der Waals surface area contributed by atoms with Crippen molar-refractivity contribution in [2.75, 3.05) is 30.7 Å². The van der Waals surface area contributed by atoms with Gasteiger partial charge in [-0.05, 0) is 38.1 Å². The molecule has 1 amide bonds. The summed E-state index contributed by atoms with van der Waals surface area (Å²) in [6.45, 7) is 5.03. The number of likely N-dealkylation sites (tertiary alicyclic amines) is 1. The van der Waals surface area contributed by atoms with Crippen LogP contribution in [0.15, 0.2) is 17.2 Å². The van der Waals surface area contributed by atoms with E-state index in [0.717, 1.165) is 17.3 Å². The maximum atomic E-state index is 10.9. The molecule has 0 aliphatic carbocycles. The first-order valence-electron chi connectivity index (χ1n) is 7.20. The number of hydrogen-bond acceptors (Lipinski definition) is 5. The molecule has 0 saturated carbocycles. The summed E-state index contributed by atoms with van der Waals surface area (Å²) in [6, 6.07) is 3.70. The summed E-state index contributed by atoms with van der Waals surface area (Å²) in [5.41, 5.74) is 0. The molecule has 0 radical (unpaired) electrons. The maximum absolute atomic E-state index is 10.9. The second-order valence-corrected chi connectivity index (χ2v) is 6.16. The Hall–Kier alpha value is -1.14. The Bertz CT molecular complexity index is 416. The normalized spacial score (nSPS) is 16.6. The highest BCUT2D eigenvalue weighted by Gasteiger charge is 2.08. The summed E-state index contributed by atoms with van der Waals surface area (Å²) in [4.78, 5) is 13.4. The van der Waals surface area contributed by atoms with Crippen LogP contribution in [0.4, 0.5) is 5.82 Å². The highest BCUT2D eigenvalue weighted by atomic mass is 32.2. The second kappa shape index (κ2) is 8.21. The number of aromatic nitrogens is 2. The molecule has 0 spiro atoms. The molecule has 1 N–H and O–H groups in total. The van der Waals surface area contributed by atoms with Crippen LogP contribution in [0.2, 0.25) is 0 Å². The molecule has 1 aliphatic rings. The first-order chi connectivity index (χ1) is 9.74. The number of carbonyl (C=O) groups is 1. The van der Waals surface area contributed by atoms with Gasteiger partial charge in [-0.1, -0.05) is 12.8 Å². The lowest BCUT2D eigenvalue weighted by Gasteiger charge is -2.18. The van der Waals surface area contributed by atoms with Crippen LogP contribution in [-0.4, -0.2) is 46.4 Å². The molecule has 1 aromatic rings. The number of nitrogens with zero attached hydrogens (tertiary/aromatic N) is 3. The summed E-state index contributed by atoms with van der Waals surface area (Å²) < 4.78 is 0. The van der Waals surface area contributed by atoms with Gasteiger partial charge in [-0.15, -0.1) is 22.0 Å². The zero-order chi connectivity index (χ0) is 14.2. The summed E-state index contributed by atoms with van der Waals surface area (Å²) in [5.74, 6) is 1.42. The van der Waals surface area contributed by atoms with E-state index in [2.05, 4.69) is 20.4 Å². The Morgan fingerprint density at radius 3 is 2.60 bits per heavy atom.